The van der Waals surface area contributed by atoms with Crippen molar-refractivity contribution in [3.05, 3.63) is 34.3 Å². The third-order valence-electron chi connectivity index (χ3n) is 5.15. The molecule has 1 aliphatic carbocycles. The van der Waals surface area contributed by atoms with Crippen molar-refractivity contribution in [2.24, 2.45) is 5.92 Å². The maximum Gasteiger partial charge on any atom is 0.0995 e. The predicted octanol–water partition coefficient (Wildman–Crippen LogP) is 3.23. The molecule has 5 heteroatoms. The third kappa shape index (κ3) is 3.70. The summed E-state index contributed by atoms with van der Waals surface area (Å²) in [4.78, 5) is 2.45. The molecule has 1 aromatic carbocycles. The maximum absolute atomic E-state index is 9.36. The summed E-state index contributed by atoms with van der Waals surface area (Å²) in [6.07, 6.45) is 3.87. The Bertz CT molecular complexity index is 587. The van der Waals surface area contributed by atoms with E-state index in [1.165, 1.54) is 12.8 Å². The van der Waals surface area contributed by atoms with Gasteiger partial charge in [-0.15, -0.1) is 0 Å². The lowest BCUT2D eigenvalue weighted by Gasteiger charge is -2.40. The average molecular weight is 335 g/mol. The predicted molar refractivity (Wildman–Crippen MR) is 89.3 cm³/mol. The quantitative estimate of drug-likeness (QED) is 0.848. The van der Waals surface area contributed by atoms with Gasteiger partial charge < -0.3 is 9.47 Å². The van der Waals surface area contributed by atoms with E-state index in [0.29, 0.717) is 28.6 Å². The van der Waals surface area contributed by atoms with Crippen LogP contribution in [0.5, 0.6) is 0 Å². The van der Waals surface area contributed by atoms with Gasteiger partial charge in [0.05, 0.1) is 31.0 Å². The van der Waals surface area contributed by atoms with Gasteiger partial charge in [-0.2, -0.15) is 5.26 Å². The second-order valence-corrected chi connectivity index (χ2v) is 6.83. The Morgan fingerprint density at radius 2 is 2.30 bits per heavy atom. The van der Waals surface area contributed by atoms with Crippen LogP contribution in [0.25, 0.3) is 0 Å². The molecular formula is C18H23ClN2O2. The Balaban J connectivity index is 1.78. The Labute approximate surface area is 142 Å². The number of hydrogen-bond donors (Lipinski definition) is 0. The van der Waals surface area contributed by atoms with Crippen LogP contribution in [0.2, 0.25) is 5.02 Å². The highest BCUT2D eigenvalue weighted by molar-refractivity contribution is 6.30. The number of halogens is 1. The summed E-state index contributed by atoms with van der Waals surface area (Å²) < 4.78 is 11.4. The van der Waals surface area contributed by atoms with Gasteiger partial charge in [0.1, 0.15) is 0 Å². The molecule has 0 N–H and O–H groups in total. The topological polar surface area (TPSA) is 45.5 Å². The SMILES string of the molecule is CO[C@@H]1CCC[C@@H]1[C@H]1COCCN1Cc1ccc(Cl)cc1C#N. The number of morpholine rings is 1. The molecule has 1 saturated heterocycles. The molecule has 0 unspecified atom stereocenters. The molecule has 2 fully saturated rings. The third-order valence-corrected chi connectivity index (χ3v) is 5.38. The Morgan fingerprint density at radius 3 is 3.09 bits per heavy atom. The van der Waals surface area contributed by atoms with Gasteiger partial charge >= 0.3 is 0 Å². The molecule has 1 heterocycles. The van der Waals surface area contributed by atoms with Crippen molar-refractivity contribution in [3.8, 4) is 6.07 Å². The molecule has 1 saturated carbocycles. The van der Waals surface area contributed by atoms with Gasteiger partial charge in [-0.25, -0.2) is 0 Å². The molecule has 23 heavy (non-hydrogen) atoms. The van der Waals surface area contributed by atoms with E-state index in [1.807, 2.05) is 19.2 Å². The van der Waals surface area contributed by atoms with Crippen molar-refractivity contribution in [2.75, 3.05) is 26.9 Å². The fourth-order valence-corrected chi connectivity index (χ4v) is 4.12. The number of benzene rings is 1. The van der Waals surface area contributed by atoms with Crippen molar-refractivity contribution in [3.63, 3.8) is 0 Å². The first-order valence-electron chi connectivity index (χ1n) is 8.26. The molecule has 0 spiro atoms. The standard InChI is InChI=1S/C18H23ClN2O2/c1-22-18-4-2-3-16(18)17-12-23-8-7-21(17)11-13-5-6-15(19)9-14(13)10-20/h5-6,9,16-18H,2-4,7-8,11-12H2,1H3/t16-,17-,18-/m1/s1. The van der Waals surface area contributed by atoms with Gasteiger partial charge in [-0.05, 0) is 30.5 Å². The van der Waals surface area contributed by atoms with E-state index in [9.17, 15) is 5.26 Å². The lowest BCUT2D eigenvalue weighted by Crippen LogP contribution is -2.50. The number of methoxy groups -OCH3 is 1. The second-order valence-electron chi connectivity index (χ2n) is 6.39. The van der Waals surface area contributed by atoms with Crippen LogP contribution in [0, 0.1) is 17.2 Å². The van der Waals surface area contributed by atoms with E-state index in [4.69, 9.17) is 21.1 Å². The number of nitrogens with zero attached hydrogens (tertiary/aromatic N) is 2. The van der Waals surface area contributed by atoms with Crippen molar-refractivity contribution < 1.29 is 9.47 Å². The molecular weight excluding hydrogens is 312 g/mol. The fraction of sp³-hybridized carbons (Fsp3) is 0.611. The van der Waals surface area contributed by atoms with Crippen molar-refractivity contribution in [2.45, 2.75) is 38.0 Å². The zero-order valence-electron chi connectivity index (χ0n) is 13.5. The minimum Gasteiger partial charge on any atom is -0.381 e. The molecule has 3 atom stereocenters. The van der Waals surface area contributed by atoms with Crippen LogP contribution in [0.4, 0.5) is 0 Å². The fourth-order valence-electron chi connectivity index (χ4n) is 3.94. The zero-order chi connectivity index (χ0) is 16.2. The van der Waals surface area contributed by atoms with Crippen molar-refractivity contribution in [1.82, 2.24) is 4.90 Å². The van der Waals surface area contributed by atoms with E-state index in [1.54, 1.807) is 6.07 Å². The number of ether oxygens (including phenoxy) is 2. The maximum atomic E-state index is 9.36. The van der Waals surface area contributed by atoms with Crippen LogP contribution in [-0.2, 0) is 16.0 Å². The van der Waals surface area contributed by atoms with Crippen LogP contribution in [0.15, 0.2) is 18.2 Å². The summed E-state index contributed by atoms with van der Waals surface area (Å²) in [5.74, 6) is 0.512. The molecule has 0 aromatic heterocycles. The van der Waals surface area contributed by atoms with Gasteiger partial charge in [0.25, 0.3) is 0 Å². The number of nitriles is 1. The van der Waals surface area contributed by atoms with Crippen molar-refractivity contribution >= 4 is 11.6 Å². The minimum atomic E-state index is 0.324. The summed E-state index contributed by atoms with van der Waals surface area (Å²) in [5.41, 5.74) is 1.70. The Hall–Kier alpha value is -1.12. The van der Waals surface area contributed by atoms with E-state index < -0.39 is 0 Å². The van der Waals surface area contributed by atoms with Crippen LogP contribution in [0.1, 0.15) is 30.4 Å². The highest BCUT2D eigenvalue weighted by atomic mass is 35.5. The zero-order valence-corrected chi connectivity index (χ0v) is 14.3. The van der Waals surface area contributed by atoms with Crippen LogP contribution in [0.3, 0.4) is 0 Å². The first kappa shape index (κ1) is 16.7. The molecule has 3 rings (SSSR count). The molecule has 4 nitrogen and oxygen atoms in total. The lowest BCUT2D eigenvalue weighted by atomic mass is 9.93. The first-order valence-corrected chi connectivity index (χ1v) is 8.64. The molecule has 0 bridgehead atoms. The summed E-state index contributed by atoms with van der Waals surface area (Å²) in [7, 11) is 1.81. The molecule has 1 aromatic rings. The first-order chi connectivity index (χ1) is 11.2. The van der Waals surface area contributed by atoms with Gasteiger partial charge in [0, 0.05) is 37.2 Å². The van der Waals surface area contributed by atoms with Gasteiger partial charge in [-0.3, -0.25) is 4.90 Å². The number of hydrogen-bond acceptors (Lipinski definition) is 4. The molecule has 0 amide bonds. The van der Waals surface area contributed by atoms with Gasteiger partial charge in [0.2, 0.25) is 0 Å². The highest BCUT2D eigenvalue weighted by Gasteiger charge is 2.38. The summed E-state index contributed by atoms with van der Waals surface area (Å²) in [6, 6.07) is 8.20. The van der Waals surface area contributed by atoms with E-state index in [-0.39, 0.29) is 0 Å². The molecule has 0 radical (unpaired) electrons. The Morgan fingerprint density at radius 1 is 1.43 bits per heavy atom. The van der Waals surface area contributed by atoms with E-state index in [2.05, 4.69) is 11.0 Å². The van der Waals surface area contributed by atoms with Crippen molar-refractivity contribution in [1.29, 1.82) is 5.26 Å². The number of rotatable bonds is 4. The summed E-state index contributed by atoms with van der Waals surface area (Å²) >= 11 is 6.01. The second kappa shape index (κ2) is 7.63. The van der Waals surface area contributed by atoms with Crippen LogP contribution < -0.4 is 0 Å². The monoisotopic (exact) mass is 334 g/mol. The van der Waals surface area contributed by atoms with Crippen LogP contribution >= 0.6 is 11.6 Å². The van der Waals surface area contributed by atoms with Gasteiger partial charge in [-0.1, -0.05) is 24.1 Å². The average Bonchev–Trinajstić information content (AvgIpc) is 3.05. The minimum absolute atomic E-state index is 0.324. The smallest absolute Gasteiger partial charge is 0.0995 e. The Kier molecular flexibility index (Phi) is 5.55. The molecule has 2 aliphatic rings. The molecule has 124 valence electrons. The highest BCUT2D eigenvalue weighted by Crippen LogP contribution is 2.34. The summed E-state index contributed by atoms with van der Waals surface area (Å²) in [5, 5.41) is 9.97. The lowest BCUT2D eigenvalue weighted by molar-refractivity contribution is -0.0608. The normalized spacial score (nSPS) is 28.7. The van der Waals surface area contributed by atoms with E-state index in [0.717, 1.165) is 38.3 Å². The molecule has 1 aliphatic heterocycles. The van der Waals surface area contributed by atoms with Crippen LogP contribution in [-0.4, -0.2) is 43.9 Å². The largest absolute Gasteiger partial charge is 0.381 e. The summed E-state index contributed by atoms with van der Waals surface area (Å²) in [6.45, 7) is 3.16. The van der Waals surface area contributed by atoms with Gasteiger partial charge in [0.15, 0.2) is 0 Å². The van der Waals surface area contributed by atoms with E-state index >= 15 is 0 Å².